The van der Waals surface area contributed by atoms with Crippen molar-refractivity contribution in [2.75, 3.05) is 11.9 Å². The number of alkyl halides is 1. The van der Waals surface area contributed by atoms with Crippen molar-refractivity contribution in [2.45, 2.75) is 31.2 Å². The number of benzene rings is 1. The van der Waals surface area contributed by atoms with Crippen molar-refractivity contribution in [3.8, 4) is 0 Å². The van der Waals surface area contributed by atoms with Crippen LogP contribution >= 0.6 is 23.2 Å². The second-order valence-corrected chi connectivity index (χ2v) is 7.04. The first-order valence-electron chi connectivity index (χ1n) is 8.45. The zero-order valence-corrected chi connectivity index (χ0v) is 15.8. The quantitative estimate of drug-likeness (QED) is 0.536. The normalized spacial score (nSPS) is 24.8. The molecule has 4 atom stereocenters. The zero-order valence-electron chi connectivity index (χ0n) is 14.3. The molecule has 148 valence electrons. The van der Waals surface area contributed by atoms with Gasteiger partial charge in [0.25, 0.3) is 0 Å². The molecule has 0 bridgehead atoms. The smallest absolute Gasteiger partial charge is 0.226 e. The highest BCUT2D eigenvalue weighted by atomic mass is 35.5. The first kappa shape index (κ1) is 19.3. The molecule has 3 aromatic rings. The minimum absolute atomic E-state index is 0.0661. The summed E-state index contributed by atoms with van der Waals surface area (Å²) in [6.45, 7) is -0.142. The molecule has 28 heavy (non-hydrogen) atoms. The fourth-order valence-electron chi connectivity index (χ4n) is 3.10. The van der Waals surface area contributed by atoms with Crippen LogP contribution in [0.1, 0.15) is 11.8 Å². The van der Waals surface area contributed by atoms with Crippen LogP contribution in [0, 0.1) is 0 Å². The average Bonchev–Trinajstić information content (AvgIpc) is 3.22. The number of nitrogens with zero attached hydrogens (tertiary/aromatic N) is 4. The molecule has 1 saturated heterocycles. The Morgan fingerprint density at radius 3 is 2.75 bits per heavy atom. The van der Waals surface area contributed by atoms with Crippen LogP contribution in [-0.2, 0) is 11.3 Å². The number of aliphatic hydroxyl groups is 2. The molecule has 3 N–H and O–H groups in total. The Hall–Kier alpha value is -2.04. The summed E-state index contributed by atoms with van der Waals surface area (Å²) in [4.78, 5) is 12.5. The van der Waals surface area contributed by atoms with Gasteiger partial charge in [0, 0.05) is 11.6 Å². The van der Waals surface area contributed by atoms with E-state index in [0.29, 0.717) is 22.9 Å². The van der Waals surface area contributed by atoms with Gasteiger partial charge >= 0.3 is 0 Å². The number of nitrogens with one attached hydrogen (secondary N) is 1. The Morgan fingerprint density at radius 1 is 1.25 bits per heavy atom. The highest BCUT2D eigenvalue weighted by molar-refractivity contribution is 6.31. The van der Waals surface area contributed by atoms with E-state index in [2.05, 4.69) is 20.3 Å². The van der Waals surface area contributed by atoms with Crippen LogP contribution in [0.25, 0.3) is 11.2 Å². The van der Waals surface area contributed by atoms with Crippen molar-refractivity contribution < 1.29 is 19.3 Å². The molecule has 8 nitrogen and oxygen atoms in total. The topological polar surface area (TPSA) is 105 Å². The molecule has 0 radical (unpaired) electrons. The predicted octanol–water partition coefficient (Wildman–Crippen LogP) is 2.33. The third-order valence-corrected chi connectivity index (χ3v) is 5.08. The number of imidazole rings is 1. The van der Waals surface area contributed by atoms with Crippen LogP contribution in [0.15, 0.2) is 30.6 Å². The Kier molecular flexibility index (Phi) is 5.35. The van der Waals surface area contributed by atoms with E-state index in [0.717, 1.165) is 5.56 Å². The highest BCUT2D eigenvalue weighted by Gasteiger charge is 2.45. The van der Waals surface area contributed by atoms with Crippen molar-refractivity contribution in [3.05, 3.63) is 46.5 Å². The molecule has 0 saturated carbocycles. The van der Waals surface area contributed by atoms with Gasteiger partial charge in [0.2, 0.25) is 5.28 Å². The van der Waals surface area contributed by atoms with Gasteiger partial charge in [-0.25, -0.2) is 9.37 Å². The molecular formula is C17H16Cl2FN5O3. The summed E-state index contributed by atoms with van der Waals surface area (Å²) < 4.78 is 21.2. The van der Waals surface area contributed by atoms with Crippen LogP contribution < -0.4 is 5.32 Å². The van der Waals surface area contributed by atoms with Crippen molar-refractivity contribution >= 4 is 40.2 Å². The number of hydrogen-bond acceptors (Lipinski definition) is 7. The van der Waals surface area contributed by atoms with Gasteiger partial charge in [-0.1, -0.05) is 29.8 Å². The molecule has 0 amide bonds. The van der Waals surface area contributed by atoms with Crippen LogP contribution in [0.5, 0.6) is 0 Å². The number of halogens is 3. The van der Waals surface area contributed by atoms with Gasteiger partial charge in [-0.15, -0.1) is 0 Å². The molecular weight excluding hydrogens is 412 g/mol. The molecule has 1 fully saturated rings. The Balaban J connectivity index is 1.66. The van der Waals surface area contributed by atoms with Crippen LogP contribution in [0.2, 0.25) is 10.3 Å². The summed E-state index contributed by atoms with van der Waals surface area (Å²) in [6, 6.07) is 7.33. The maximum atomic E-state index is 14.5. The number of rotatable bonds is 5. The number of ether oxygens (including phenoxy) is 1. The second-order valence-electron chi connectivity index (χ2n) is 6.29. The lowest BCUT2D eigenvalue weighted by Gasteiger charge is -2.15. The summed E-state index contributed by atoms with van der Waals surface area (Å²) >= 11 is 12.2. The van der Waals surface area contributed by atoms with Crippen LogP contribution in [0.4, 0.5) is 10.2 Å². The zero-order chi connectivity index (χ0) is 19.8. The number of aliphatic hydroxyl groups excluding tert-OH is 2. The van der Waals surface area contributed by atoms with Crippen molar-refractivity contribution in [3.63, 3.8) is 0 Å². The van der Waals surface area contributed by atoms with Crippen molar-refractivity contribution in [1.82, 2.24) is 19.5 Å². The van der Waals surface area contributed by atoms with Gasteiger partial charge in [-0.05, 0) is 23.2 Å². The maximum Gasteiger partial charge on any atom is 0.226 e. The molecule has 2 aromatic heterocycles. The number of anilines is 1. The standard InChI is InChI=1S/C17H16Cl2FN5O3/c18-9-4-2-1-3-8(9)5-21-14-12-15(24-17(19)23-14)25(7-22-12)16-11(20)13(27)10(6-26)28-16/h1-4,7,10-11,13,16,26-27H,5-6H2,(H,21,23,24)/t10-,11+,13-,16-/m1/s1. The van der Waals surface area contributed by atoms with Crippen LogP contribution in [-0.4, -0.2) is 54.7 Å². The van der Waals surface area contributed by atoms with Gasteiger partial charge in [0.15, 0.2) is 29.4 Å². The minimum Gasteiger partial charge on any atom is -0.394 e. The summed E-state index contributed by atoms with van der Waals surface area (Å²) in [7, 11) is 0. The molecule has 4 rings (SSSR count). The van der Waals surface area contributed by atoms with E-state index in [4.69, 9.17) is 27.9 Å². The van der Waals surface area contributed by atoms with Crippen molar-refractivity contribution in [1.29, 1.82) is 0 Å². The van der Waals surface area contributed by atoms with Crippen LogP contribution in [0.3, 0.4) is 0 Å². The Morgan fingerprint density at radius 2 is 2.04 bits per heavy atom. The van der Waals surface area contributed by atoms with E-state index < -0.39 is 31.2 Å². The minimum atomic E-state index is -1.76. The summed E-state index contributed by atoms with van der Waals surface area (Å²) in [6.07, 6.45) is -4.11. The highest BCUT2D eigenvalue weighted by Crippen LogP contribution is 2.34. The van der Waals surface area contributed by atoms with E-state index in [-0.39, 0.29) is 10.9 Å². The van der Waals surface area contributed by atoms with Gasteiger partial charge in [-0.2, -0.15) is 9.97 Å². The Labute approximate surface area is 168 Å². The number of aromatic nitrogens is 4. The lowest BCUT2D eigenvalue weighted by Crippen LogP contribution is -2.30. The molecule has 0 aliphatic carbocycles. The molecule has 3 heterocycles. The third kappa shape index (κ3) is 3.40. The Bertz CT molecular complexity index is 1000. The lowest BCUT2D eigenvalue weighted by molar-refractivity contribution is -0.0459. The van der Waals surface area contributed by atoms with E-state index in [1.54, 1.807) is 6.07 Å². The third-order valence-electron chi connectivity index (χ3n) is 4.55. The van der Waals surface area contributed by atoms with E-state index in [9.17, 15) is 14.6 Å². The summed E-state index contributed by atoms with van der Waals surface area (Å²) in [5, 5.41) is 22.7. The SMILES string of the molecule is OC[C@H]1O[C@@H](n2cnc3c(NCc4ccccc4Cl)nc(Cl)nc32)[C@@H](F)[C@@H]1O. The summed E-state index contributed by atoms with van der Waals surface area (Å²) in [5.41, 5.74) is 1.44. The lowest BCUT2D eigenvalue weighted by atomic mass is 10.1. The molecule has 1 aliphatic heterocycles. The molecule has 1 aromatic carbocycles. The molecule has 11 heteroatoms. The largest absolute Gasteiger partial charge is 0.394 e. The second kappa shape index (κ2) is 7.76. The van der Waals surface area contributed by atoms with E-state index in [1.807, 2.05) is 18.2 Å². The average molecular weight is 428 g/mol. The number of hydrogen-bond donors (Lipinski definition) is 3. The first-order chi connectivity index (χ1) is 13.5. The van der Waals surface area contributed by atoms with Crippen molar-refractivity contribution in [2.24, 2.45) is 0 Å². The molecule has 0 spiro atoms. The van der Waals surface area contributed by atoms with Gasteiger partial charge < -0.3 is 20.3 Å². The fraction of sp³-hybridized carbons (Fsp3) is 0.353. The molecule has 1 aliphatic rings. The maximum absolute atomic E-state index is 14.5. The van der Waals surface area contributed by atoms with Gasteiger partial charge in [-0.3, -0.25) is 4.57 Å². The fourth-order valence-corrected chi connectivity index (χ4v) is 3.47. The predicted molar refractivity (Wildman–Crippen MR) is 101 cm³/mol. The van der Waals surface area contributed by atoms with E-state index in [1.165, 1.54) is 10.9 Å². The monoisotopic (exact) mass is 427 g/mol. The molecule has 0 unspecified atom stereocenters. The van der Waals surface area contributed by atoms with E-state index >= 15 is 0 Å². The summed E-state index contributed by atoms with van der Waals surface area (Å²) in [5.74, 6) is 0.348. The van der Waals surface area contributed by atoms with Gasteiger partial charge in [0.05, 0.1) is 12.9 Å². The number of fused-ring (bicyclic) bond motifs is 1. The first-order valence-corrected chi connectivity index (χ1v) is 9.21. The van der Waals surface area contributed by atoms with Gasteiger partial charge in [0.1, 0.15) is 12.2 Å².